The van der Waals surface area contributed by atoms with E-state index in [1.54, 1.807) is 4.90 Å². The highest BCUT2D eigenvalue weighted by molar-refractivity contribution is 5.97. The topological polar surface area (TPSA) is 85.0 Å². The molecule has 8 heteroatoms. The van der Waals surface area contributed by atoms with Crippen LogP contribution in [0, 0.1) is 13.8 Å². The summed E-state index contributed by atoms with van der Waals surface area (Å²) in [6.07, 6.45) is -0.0474. The van der Waals surface area contributed by atoms with Crippen molar-refractivity contribution in [1.29, 1.82) is 0 Å². The number of hydrogen-bond acceptors (Lipinski definition) is 5. The molecule has 0 radical (unpaired) electrons. The lowest BCUT2D eigenvalue weighted by molar-refractivity contribution is -0.145. The summed E-state index contributed by atoms with van der Waals surface area (Å²) in [7, 11) is 0. The molecule has 1 aromatic rings. The number of rotatable bonds is 6. The normalized spacial score (nSPS) is 20.7. The summed E-state index contributed by atoms with van der Waals surface area (Å²) < 4.78 is 0. The van der Waals surface area contributed by atoms with Crippen molar-refractivity contribution in [2.75, 3.05) is 57.7 Å². The van der Waals surface area contributed by atoms with Crippen molar-refractivity contribution in [1.82, 2.24) is 20.0 Å². The average molecular weight is 416 g/mol. The van der Waals surface area contributed by atoms with Gasteiger partial charge in [-0.05, 0) is 43.7 Å². The van der Waals surface area contributed by atoms with E-state index in [-0.39, 0.29) is 24.1 Å². The number of likely N-dealkylation sites (N-methyl/N-ethyl adjacent to an activating group) is 1. The van der Waals surface area contributed by atoms with Gasteiger partial charge >= 0.3 is 0 Å². The number of anilines is 1. The van der Waals surface area contributed by atoms with Crippen LogP contribution in [0.15, 0.2) is 18.2 Å². The van der Waals surface area contributed by atoms with E-state index < -0.39 is 6.04 Å². The zero-order valence-corrected chi connectivity index (χ0v) is 18.2. The fourth-order valence-corrected chi connectivity index (χ4v) is 4.20. The third-order valence-electron chi connectivity index (χ3n) is 5.81. The smallest absolute Gasteiger partial charge is 0.243 e. The van der Waals surface area contributed by atoms with Gasteiger partial charge in [-0.15, -0.1) is 0 Å². The molecule has 3 rings (SSSR count). The third-order valence-corrected chi connectivity index (χ3v) is 5.81. The second kappa shape index (κ2) is 10.0. The molecule has 2 aliphatic heterocycles. The Bertz CT molecular complexity index is 769. The minimum absolute atomic E-state index is 0.0474. The van der Waals surface area contributed by atoms with Gasteiger partial charge < -0.3 is 20.4 Å². The second-order valence-electron chi connectivity index (χ2n) is 8.23. The summed E-state index contributed by atoms with van der Waals surface area (Å²) in [5, 5.41) is 5.66. The van der Waals surface area contributed by atoms with E-state index in [1.807, 2.05) is 32.0 Å². The maximum atomic E-state index is 13.0. The Balaban J connectivity index is 1.60. The van der Waals surface area contributed by atoms with Gasteiger partial charge in [-0.2, -0.15) is 0 Å². The second-order valence-corrected chi connectivity index (χ2v) is 8.23. The molecule has 3 amide bonds. The Morgan fingerprint density at radius 3 is 2.30 bits per heavy atom. The van der Waals surface area contributed by atoms with Crippen LogP contribution in [-0.4, -0.2) is 90.8 Å². The van der Waals surface area contributed by atoms with Crippen LogP contribution in [0.1, 0.15) is 24.5 Å². The standard InChI is InChI=1S/C22H33N5O3/c1-4-25-7-9-26(10-8-25)15-21(29)27-6-5-23-22(30)19(27)14-20(28)24-18-12-16(2)11-17(3)13-18/h11-13,19H,4-10,14-15H2,1-3H3,(H,23,30)(H,24,28)/t19-/m0/s1. The monoisotopic (exact) mass is 415 g/mol. The molecular formula is C22H33N5O3. The molecule has 1 aromatic carbocycles. The van der Waals surface area contributed by atoms with E-state index >= 15 is 0 Å². The lowest BCUT2D eigenvalue weighted by Crippen LogP contribution is -2.60. The molecule has 2 fully saturated rings. The van der Waals surface area contributed by atoms with Gasteiger partial charge in [-0.1, -0.05) is 13.0 Å². The number of nitrogens with one attached hydrogen (secondary N) is 2. The van der Waals surface area contributed by atoms with Crippen LogP contribution in [0.2, 0.25) is 0 Å². The summed E-state index contributed by atoms with van der Waals surface area (Å²) in [6, 6.07) is 5.05. The first-order chi connectivity index (χ1) is 14.4. The van der Waals surface area contributed by atoms with Crippen LogP contribution in [0.25, 0.3) is 0 Å². The maximum Gasteiger partial charge on any atom is 0.243 e. The maximum absolute atomic E-state index is 13.0. The molecule has 2 aliphatic rings. The highest BCUT2D eigenvalue weighted by atomic mass is 16.2. The van der Waals surface area contributed by atoms with Crippen LogP contribution in [-0.2, 0) is 14.4 Å². The Kier molecular flexibility index (Phi) is 7.44. The highest BCUT2D eigenvalue weighted by Gasteiger charge is 2.35. The number of aryl methyl sites for hydroxylation is 2. The highest BCUT2D eigenvalue weighted by Crippen LogP contribution is 2.16. The number of benzene rings is 1. The zero-order valence-electron chi connectivity index (χ0n) is 18.2. The van der Waals surface area contributed by atoms with E-state index in [0.29, 0.717) is 25.3 Å². The predicted octanol–water partition coefficient (Wildman–Crippen LogP) is 0.597. The fraction of sp³-hybridized carbons (Fsp3) is 0.591. The minimum atomic E-state index is -0.769. The Hall–Kier alpha value is -2.45. The summed E-state index contributed by atoms with van der Waals surface area (Å²) in [5.74, 6) is -0.614. The van der Waals surface area contributed by atoms with Crippen LogP contribution in [0.3, 0.4) is 0 Å². The molecule has 0 saturated carbocycles. The van der Waals surface area contributed by atoms with Gasteiger partial charge in [-0.3, -0.25) is 19.3 Å². The van der Waals surface area contributed by atoms with Gasteiger partial charge in [0.05, 0.1) is 13.0 Å². The largest absolute Gasteiger partial charge is 0.353 e. The average Bonchev–Trinajstić information content (AvgIpc) is 2.69. The van der Waals surface area contributed by atoms with Crippen LogP contribution in [0.4, 0.5) is 5.69 Å². The zero-order chi connectivity index (χ0) is 21.7. The number of nitrogens with zero attached hydrogens (tertiary/aromatic N) is 3. The van der Waals surface area contributed by atoms with Crippen molar-refractivity contribution in [3.63, 3.8) is 0 Å². The molecule has 1 atom stereocenters. The van der Waals surface area contributed by atoms with Crippen molar-refractivity contribution < 1.29 is 14.4 Å². The van der Waals surface area contributed by atoms with Gasteiger partial charge in [0.1, 0.15) is 6.04 Å². The molecular weight excluding hydrogens is 382 g/mol. The molecule has 0 aromatic heterocycles. The van der Waals surface area contributed by atoms with Crippen molar-refractivity contribution in [3.05, 3.63) is 29.3 Å². The summed E-state index contributed by atoms with van der Waals surface area (Å²) in [6.45, 7) is 11.8. The minimum Gasteiger partial charge on any atom is -0.353 e. The Morgan fingerprint density at radius 2 is 1.67 bits per heavy atom. The lowest BCUT2D eigenvalue weighted by Gasteiger charge is -2.38. The molecule has 0 aliphatic carbocycles. The molecule has 0 unspecified atom stereocenters. The lowest BCUT2D eigenvalue weighted by atomic mass is 10.1. The molecule has 30 heavy (non-hydrogen) atoms. The molecule has 8 nitrogen and oxygen atoms in total. The van der Waals surface area contributed by atoms with E-state index in [9.17, 15) is 14.4 Å². The SMILES string of the molecule is CCN1CCN(CC(=O)N2CCNC(=O)[C@@H]2CC(=O)Nc2cc(C)cc(C)c2)CC1. The van der Waals surface area contributed by atoms with Crippen molar-refractivity contribution in [2.24, 2.45) is 0 Å². The van der Waals surface area contributed by atoms with Gasteiger partial charge in [0.25, 0.3) is 0 Å². The molecule has 2 N–H and O–H groups in total. The molecule has 164 valence electrons. The van der Waals surface area contributed by atoms with Gasteiger partial charge in [0.15, 0.2) is 0 Å². The number of carbonyl (C=O) groups excluding carboxylic acids is 3. The number of amides is 3. The first-order valence-electron chi connectivity index (χ1n) is 10.8. The third kappa shape index (κ3) is 5.79. The Morgan fingerprint density at radius 1 is 1.03 bits per heavy atom. The number of hydrogen-bond donors (Lipinski definition) is 2. The first kappa shape index (κ1) is 22.2. The van der Waals surface area contributed by atoms with Crippen LogP contribution < -0.4 is 10.6 Å². The predicted molar refractivity (Wildman–Crippen MR) is 116 cm³/mol. The summed E-state index contributed by atoms with van der Waals surface area (Å²) >= 11 is 0. The fourth-order valence-electron chi connectivity index (χ4n) is 4.20. The summed E-state index contributed by atoms with van der Waals surface area (Å²) in [4.78, 5) is 44.1. The number of piperazine rings is 2. The number of carbonyl (C=O) groups is 3. The van der Waals surface area contributed by atoms with Gasteiger partial charge in [0.2, 0.25) is 17.7 Å². The van der Waals surface area contributed by atoms with Crippen molar-refractivity contribution >= 4 is 23.4 Å². The van der Waals surface area contributed by atoms with Crippen LogP contribution >= 0.6 is 0 Å². The Labute approximate surface area is 178 Å². The molecule has 2 saturated heterocycles. The van der Waals surface area contributed by atoms with Gasteiger partial charge in [0, 0.05) is 45.0 Å². The van der Waals surface area contributed by atoms with Crippen molar-refractivity contribution in [2.45, 2.75) is 33.2 Å². The van der Waals surface area contributed by atoms with Crippen molar-refractivity contribution in [3.8, 4) is 0 Å². The van der Waals surface area contributed by atoms with E-state index in [2.05, 4.69) is 27.4 Å². The first-order valence-corrected chi connectivity index (χ1v) is 10.8. The molecule has 0 spiro atoms. The van der Waals surface area contributed by atoms with Gasteiger partial charge in [-0.25, -0.2) is 0 Å². The quantitative estimate of drug-likeness (QED) is 0.711. The van der Waals surface area contributed by atoms with E-state index in [4.69, 9.17) is 0 Å². The summed E-state index contributed by atoms with van der Waals surface area (Å²) in [5.41, 5.74) is 2.82. The molecule has 0 bridgehead atoms. The van der Waals surface area contributed by atoms with E-state index in [1.165, 1.54) is 0 Å². The molecule has 2 heterocycles. The van der Waals surface area contributed by atoms with Crippen LogP contribution in [0.5, 0.6) is 0 Å². The van der Waals surface area contributed by atoms with E-state index in [0.717, 1.165) is 43.9 Å².